The van der Waals surface area contributed by atoms with E-state index in [0.29, 0.717) is 17.0 Å². The standard InChI is InChI=1S/C15H15N3O3/c16-14(19)11-6-8-12(9-7-11)18-15(20)17-10-21-13-4-2-1-3-5-13/h1-9H,10H2,(H2,16,19)(H2,17,18,20). The van der Waals surface area contributed by atoms with Crippen LogP contribution in [0.25, 0.3) is 0 Å². The quantitative estimate of drug-likeness (QED) is 0.733. The number of hydrogen-bond acceptors (Lipinski definition) is 3. The van der Waals surface area contributed by atoms with Crippen LogP contribution < -0.4 is 21.1 Å². The zero-order chi connectivity index (χ0) is 15.1. The monoisotopic (exact) mass is 285 g/mol. The fourth-order valence-electron chi connectivity index (χ4n) is 1.59. The average molecular weight is 285 g/mol. The first-order chi connectivity index (χ1) is 10.1. The van der Waals surface area contributed by atoms with E-state index in [4.69, 9.17) is 10.5 Å². The molecule has 0 radical (unpaired) electrons. The van der Waals surface area contributed by atoms with Crippen molar-refractivity contribution in [3.63, 3.8) is 0 Å². The van der Waals surface area contributed by atoms with Crippen LogP contribution in [0.4, 0.5) is 10.5 Å². The van der Waals surface area contributed by atoms with Gasteiger partial charge in [-0.3, -0.25) is 4.79 Å². The molecule has 3 amide bonds. The summed E-state index contributed by atoms with van der Waals surface area (Å²) in [6, 6.07) is 15.0. The highest BCUT2D eigenvalue weighted by atomic mass is 16.5. The van der Waals surface area contributed by atoms with Crippen molar-refractivity contribution in [3.05, 3.63) is 60.2 Å². The van der Waals surface area contributed by atoms with Crippen molar-refractivity contribution in [3.8, 4) is 5.75 Å². The summed E-state index contributed by atoms with van der Waals surface area (Å²) in [5.74, 6) is 0.158. The van der Waals surface area contributed by atoms with Gasteiger partial charge in [-0.15, -0.1) is 0 Å². The summed E-state index contributed by atoms with van der Waals surface area (Å²) < 4.78 is 5.33. The Morgan fingerprint density at radius 2 is 1.67 bits per heavy atom. The number of rotatable bonds is 5. The molecule has 0 aliphatic rings. The topological polar surface area (TPSA) is 93.5 Å². The van der Waals surface area contributed by atoms with E-state index >= 15 is 0 Å². The molecule has 6 nitrogen and oxygen atoms in total. The molecule has 0 aliphatic heterocycles. The molecule has 0 heterocycles. The van der Waals surface area contributed by atoms with E-state index in [9.17, 15) is 9.59 Å². The van der Waals surface area contributed by atoms with Crippen molar-refractivity contribution in [2.24, 2.45) is 5.73 Å². The molecule has 2 aromatic carbocycles. The third kappa shape index (κ3) is 4.54. The maximum Gasteiger partial charge on any atom is 0.321 e. The molecule has 0 atom stereocenters. The van der Waals surface area contributed by atoms with Gasteiger partial charge in [0.2, 0.25) is 5.91 Å². The van der Waals surface area contributed by atoms with E-state index in [0.717, 1.165) is 0 Å². The van der Waals surface area contributed by atoms with Gasteiger partial charge >= 0.3 is 6.03 Å². The first kappa shape index (κ1) is 14.4. The number of nitrogens with two attached hydrogens (primary N) is 1. The Kier molecular flexibility index (Phi) is 4.76. The summed E-state index contributed by atoms with van der Waals surface area (Å²) in [6.45, 7) is 0.0508. The molecular formula is C15H15N3O3. The van der Waals surface area contributed by atoms with Gasteiger partial charge in [0.05, 0.1) is 0 Å². The van der Waals surface area contributed by atoms with Gasteiger partial charge in [-0.1, -0.05) is 18.2 Å². The van der Waals surface area contributed by atoms with Gasteiger partial charge < -0.3 is 21.1 Å². The number of nitrogens with one attached hydrogen (secondary N) is 2. The summed E-state index contributed by atoms with van der Waals surface area (Å²) in [4.78, 5) is 22.5. The summed E-state index contributed by atoms with van der Waals surface area (Å²) in [5, 5.41) is 5.17. The lowest BCUT2D eigenvalue weighted by molar-refractivity contribution is 0.100. The van der Waals surface area contributed by atoms with Crippen LogP contribution in [0.1, 0.15) is 10.4 Å². The van der Waals surface area contributed by atoms with E-state index in [1.165, 1.54) is 0 Å². The van der Waals surface area contributed by atoms with E-state index in [1.807, 2.05) is 18.2 Å². The zero-order valence-electron chi connectivity index (χ0n) is 11.2. The number of primary amides is 1. The summed E-state index contributed by atoms with van der Waals surface area (Å²) in [6.07, 6.45) is 0. The van der Waals surface area contributed by atoms with E-state index < -0.39 is 11.9 Å². The van der Waals surface area contributed by atoms with Crippen molar-refractivity contribution in [1.29, 1.82) is 0 Å². The van der Waals surface area contributed by atoms with Gasteiger partial charge in [0, 0.05) is 11.3 Å². The number of carbonyl (C=O) groups excluding carboxylic acids is 2. The van der Waals surface area contributed by atoms with Crippen LogP contribution >= 0.6 is 0 Å². The maximum atomic E-state index is 11.6. The molecule has 21 heavy (non-hydrogen) atoms. The molecule has 0 bridgehead atoms. The lowest BCUT2D eigenvalue weighted by atomic mass is 10.2. The minimum Gasteiger partial charge on any atom is -0.473 e. The molecule has 2 rings (SSSR count). The SMILES string of the molecule is NC(=O)c1ccc(NC(=O)NCOc2ccccc2)cc1. The number of amides is 3. The maximum absolute atomic E-state index is 11.6. The summed E-state index contributed by atoms with van der Waals surface area (Å²) >= 11 is 0. The second-order valence-corrected chi connectivity index (χ2v) is 4.17. The van der Waals surface area contributed by atoms with Gasteiger partial charge in [-0.25, -0.2) is 4.79 Å². The molecule has 0 spiro atoms. The number of carbonyl (C=O) groups is 2. The van der Waals surface area contributed by atoms with Crippen LogP contribution in [0.3, 0.4) is 0 Å². The van der Waals surface area contributed by atoms with Crippen LogP contribution in [-0.4, -0.2) is 18.7 Å². The second-order valence-electron chi connectivity index (χ2n) is 4.17. The number of benzene rings is 2. The Labute approximate surface area is 121 Å². The molecule has 6 heteroatoms. The fraction of sp³-hybridized carbons (Fsp3) is 0.0667. The van der Waals surface area contributed by atoms with Gasteiger partial charge in [0.1, 0.15) is 5.75 Å². The highest BCUT2D eigenvalue weighted by Gasteiger charge is 2.03. The summed E-state index contributed by atoms with van der Waals surface area (Å²) in [5.41, 5.74) is 6.07. The summed E-state index contributed by atoms with van der Waals surface area (Å²) in [7, 11) is 0. The van der Waals surface area contributed by atoms with E-state index in [1.54, 1.807) is 36.4 Å². The molecule has 0 aliphatic carbocycles. The Morgan fingerprint density at radius 3 is 2.29 bits per heavy atom. The fourth-order valence-corrected chi connectivity index (χ4v) is 1.59. The van der Waals surface area contributed by atoms with Crippen LogP contribution in [0.15, 0.2) is 54.6 Å². The minimum atomic E-state index is -0.512. The van der Waals surface area contributed by atoms with Gasteiger partial charge in [0.15, 0.2) is 6.73 Å². The number of urea groups is 1. The number of para-hydroxylation sites is 1. The molecule has 0 saturated heterocycles. The average Bonchev–Trinajstić information content (AvgIpc) is 2.49. The van der Waals surface area contributed by atoms with Crippen molar-refractivity contribution in [1.82, 2.24) is 5.32 Å². The molecule has 4 N–H and O–H groups in total. The number of hydrogen-bond donors (Lipinski definition) is 3. The Morgan fingerprint density at radius 1 is 1.00 bits per heavy atom. The molecule has 2 aromatic rings. The largest absolute Gasteiger partial charge is 0.473 e. The Hall–Kier alpha value is -3.02. The smallest absolute Gasteiger partial charge is 0.321 e. The predicted octanol–water partition coefficient (Wildman–Crippen LogP) is 1.94. The van der Waals surface area contributed by atoms with Crippen molar-refractivity contribution in [2.45, 2.75) is 0 Å². The molecule has 0 aromatic heterocycles. The third-order valence-corrected chi connectivity index (χ3v) is 2.64. The molecule has 0 fully saturated rings. The van der Waals surface area contributed by atoms with E-state index in [2.05, 4.69) is 10.6 Å². The highest BCUT2D eigenvalue weighted by molar-refractivity contribution is 5.94. The van der Waals surface area contributed by atoms with Gasteiger partial charge in [-0.05, 0) is 36.4 Å². The third-order valence-electron chi connectivity index (χ3n) is 2.64. The van der Waals surface area contributed by atoms with Crippen LogP contribution in [0.2, 0.25) is 0 Å². The normalized spacial score (nSPS) is 9.71. The van der Waals surface area contributed by atoms with Crippen molar-refractivity contribution < 1.29 is 14.3 Å². The van der Waals surface area contributed by atoms with Crippen molar-refractivity contribution >= 4 is 17.6 Å². The van der Waals surface area contributed by atoms with Gasteiger partial charge in [0.25, 0.3) is 0 Å². The molecular weight excluding hydrogens is 270 g/mol. The molecule has 108 valence electrons. The highest BCUT2D eigenvalue weighted by Crippen LogP contribution is 2.09. The zero-order valence-corrected chi connectivity index (χ0v) is 11.2. The first-order valence-corrected chi connectivity index (χ1v) is 6.28. The van der Waals surface area contributed by atoms with Crippen LogP contribution in [0.5, 0.6) is 5.75 Å². The van der Waals surface area contributed by atoms with E-state index in [-0.39, 0.29) is 6.73 Å². The lowest BCUT2D eigenvalue weighted by Gasteiger charge is -2.09. The first-order valence-electron chi connectivity index (χ1n) is 6.28. The number of ether oxygens (including phenoxy) is 1. The molecule has 0 unspecified atom stereocenters. The minimum absolute atomic E-state index is 0.0508. The van der Waals surface area contributed by atoms with Crippen LogP contribution in [-0.2, 0) is 0 Å². The molecule has 0 saturated carbocycles. The lowest BCUT2D eigenvalue weighted by Crippen LogP contribution is -2.32. The van der Waals surface area contributed by atoms with Crippen LogP contribution in [0, 0.1) is 0 Å². The van der Waals surface area contributed by atoms with Gasteiger partial charge in [-0.2, -0.15) is 0 Å². The number of anilines is 1. The predicted molar refractivity (Wildman–Crippen MR) is 79.1 cm³/mol. The Bertz CT molecular complexity index is 612. The van der Waals surface area contributed by atoms with Crippen molar-refractivity contribution in [2.75, 3.05) is 12.0 Å². The Balaban J connectivity index is 1.78. The second kappa shape index (κ2) is 6.95.